The van der Waals surface area contributed by atoms with Gasteiger partial charge in [-0.1, -0.05) is 246 Å². The fourth-order valence-corrected chi connectivity index (χ4v) is 7.37. The molecule has 0 rings (SSSR count). The Morgan fingerprint density at radius 3 is 0.897 bits per heavy atom. The fourth-order valence-electron chi connectivity index (χ4n) is 7.37. The van der Waals surface area contributed by atoms with Crippen molar-refractivity contribution in [1.82, 2.24) is 0 Å². The molecule has 0 saturated heterocycles. The zero-order valence-corrected chi connectivity index (χ0v) is 44.1. The van der Waals surface area contributed by atoms with E-state index in [0.717, 1.165) is 135 Å². The molecule has 0 radical (unpaired) electrons. The summed E-state index contributed by atoms with van der Waals surface area (Å²) in [6, 6.07) is 0. The van der Waals surface area contributed by atoms with Gasteiger partial charge in [0.05, 0.1) is 0 Å². The van der Waals surface area contributed by atoms with E-state index in [1.807, 2.05) is 0 Å². The van der Waals surface area contributed by atoms with E-state index in [1.165, 1.54) is 70.6 Å². The Morgan fingerprint density at radius 1 is 0.309 bits per heavy atom. The van der Waals surface area contributed by atoms with E-state index < -0.39 is 6.10 Å². The zero-order chi connectivity index (χ0) is 49.3. The molecule has 0 aromatic rings. The summed E-state index contributed by atoms with van der Waals surface area (Å²) in [7, 11) is 0. The Balaban J connectivity index is 4.13. The lowest BCUT2D eigenvalue weighted by molar-refractivity contribution is -0.167. The Labute approximate surface area is 419 Å². The summed E-state index contributed by atoms with van der Waals surface area (Å²) in [5.41, 5.74) is 0. The second kappa shape index (κ2) is 55.7. The van der Waals surface area contributed by atoms with Crippen LogP contribution in [-0.2, 0) is 28.6 Å². The molecule has 1 atom stereocenters. The molecule has 0 fully saturated rings. The van der Waals surface area contributed by atoms with Crippen LogP contribution in [0.25, 0.3) is 0 Å². The van der Waals surface area contributed by atoms with Crippen LogP contribution >= 0.6 is 0 Å². The van der Waals surface area contributed by atoms with Crippen molar-refractivity contribution in [2.75, 3.05) is 13.2 Å². The highest BCUT2D eigenvalue weighted by atomic mass is 16.6. The summed E-state index contributed by atoms with van der Waals surface area (Å²) >= 11 is 0. The first kappa shape index (κ1) is 64.1. The molecule has 0 N–H and O–H groups in total. The van der Waals surface area contributed by atoms with E-state index >= 15 is 0 Å². The Morgan fingerprint density at radius 2 is 0.574 bits per heavy atom. The van der Waals surface area contributed by atoms with Gasteiger partial charge in [-0.05, 0) is 89.9 Å². The highest BCUT2D eigenvalue weighted by Gasteiger charge is 2.19. The van der Waals surface area contributed by atoms with Crippen molar-refractivity contribution in [1.29, 1.82) is 0 Å². The number of unbranched alkanes of at least 4 members (excludes halogenated alkanes) is 20. The second-order valence-electron chi connectivity index (χ2n) is 18.1. The summed E-state index contributed by atoms with van der Waals surface area (Å²) in [4.78, 5) is 37.7. The van der Waals surface area contributed by atoms with Crippen LogP contribution in [0.5, 0.6) is 0 Å². The van der Waals surface area contributed by atoms with Crippen LogP contribution in [0.3, 0.4) is 0 Å². The van der Waals surface area contributed by atoms with E-state index in [0.29, 0.717) is 19.3 Å². The molecule has 0 amide bonds. The van der Waals surface area contributed by atoms with Gasteiger partial charge in [-0.2, -0.15) is 0 Å². The number of ether oxygens (including phenoxy) is 3. The summed E-state index contributed by atoms with van der Waals surface area (Å²) in [6.45, 7) is 6.44. The molecule has 68 heavy (non-hydrogen) atoms. The van der Waals surface area contributed by atoms with E-state index in [9.17, 15) is 14.4 Å². The zero-order valence-electron chi connectivity index (χ0n) is 44.1. The Bertz CT molecular complexity index is 1410. The number of rotatable bonds is 49. The standard InChI is InChI=1S/C62H102O6/c1-4-7-10-13-16-18-20-21-22-23-24-25-26-27-28-29-30-31-32-33-34-35-36-37-38-39-40-41-42-44-46-49-52-55-61(64)67-58-59(57-66-60(63)54-51-48-45-15-12-9-6-3)68-62(65)56-53-50-47-43-19-17-14-11-8-5-2/h7,10,16,18,21-22,24-25,27-28,30-31,33-34,36-37,39-40,59H,4-6,8-9,11-15,17,19-20,23,26,29,32,35,38,41-58H2,1-3H3/b10-7-,18-16-,22-21-,25-24-,28-27-,31-30-,34-33-,37-36-,40-39-. The van der Waals surface area contributed by atoms with Gasteiger partial charge in [0.25, 0.3) is 0 Å². The average Bonchev–Trinajstić information content (AvgIpc) is 3.34. The van der Waals surface area contributed by atoms with Gasteiger partial charge >= 0.3 is 17.9 Å². The second-order valence-corrected chi connectivity index (χ2v) is 18.1. The maximum atomic E-state index is 12.7. The van der Waals surface area contributed by atoms with Crippen LogP contribution in [0.1, 0.15) is 245 Å². The molecule has 0 aliphatic heterocycles. The third kappa shape index (κ3) is 53.0. The predicted molar refractivity (Wildman–Crippen MR) is 293 cm³/mol. The first-order valence-electron chi connectivity index (χ1n) is 27.9. The number of esters is 3. The molecule has 0 heterocycles. The number of allylic oxidation sites excluding steroid dienone is 18. The summed E-state index contributed by atoms with van der Waals surface area (Å²) in [5, 5.41) is 0. The van der Waals surface area contributed by atoms with Crippen LogP contribution in [0.15, 0.2) is 109 Å². The topological polar surface area (TPSA) is 78.9 Å². The SMILES string of the molecule is CC/C=C\C/C=C\C/C=C\C/C=C\C/C=C\C/C=C\C/C=C\C/C=C\C/C=C\CCCCCCCC(=O)OCC(COC(=O)CCCCCCCCC)OC(=O)CCCCCCCCCCCC. The molecule has 0 aliphatic rings. The minimum absolute atomic E-state index is 0.0826. The summed E-state index contributed by atoms with van der Waals surface area (Å²) in [5.74, 6) is -0.914. The maximum absolute atomic E-state index is 12.7. The molecular formula is C62H102O6. The molecule has 0 bridgehead atoms. The molecule has 386 valence electrons. The number of carbonyl (C=O) groups is 3. The number of hydrogen-bond acceptors (Lipinski definition) is 6. The third-order valence-corrected chi connectivity index (χ3v) is 11.5. The minimum Gasteiger partial charge on any atom is -0.462 e. The van der Waals surface area contributed by atoms with Crippen molar-refractivity contribution in [3.05, 3.63) is 109 Å². The average molecular weight is 943 g/mol. The van der Waals surface area contributed by atoms with E-state index in [4.69, 9.17) is 14.2 Å². The smallest absolute Gasteiger partial charge is 0.306 e. The van der Waals surface area contributed by atoms with Crippen LogP contribution in [0, 0.1) is 0 Å². The third-order valence-electron chi connectivity index (χ3n) is 11.5. The maximum Gasteiger partial charge on any atom is 0.306 e. The molecule has 0 aromatic heterocycles. The molecular weight excluding hydrogens is 841 g/mol. The van der Waals surface area contributed by atoms with Crippen LogP contribution < -0.4 is 0 Å². The van der Waals surface area contributed by atoms with Gasteiger partial charge in [0.15, 0.2) is 6.10 Å². The van der Waals surface area contributed by atoms with Gasteiger partial charge in [-0.15, -0.1) is 0 Å². The van der Waals surface area contributed by atoms with Crippen molar-refractivity contribution in [2.24, 2.45) is 0 Å². The number of hydrogen-bond donors (Lipinski definition) is 0. The van der Waals surface area contributed by atoms with Crippen LogP contribution in [0.2, 0.25) is 0 Å². The molecule has 1 unspecified atom stereocenters. The largest absolute Gasteiger partial charge is 0.462 e. The van der Waals surface area contributed by atoms with Gasteiger partial charge < -0.3 is 14.2 Å². The predicted octanol–water partition coefficient (Wildman–Crippen LogP) is 18.7. The monoisotopic (exact) mass is 943 g/mol. The quantitative estimate of drug-likeness (QED) is 0.0262. The lowest BCUT2D eigenvalue weighted by atomic mass is 10.1. The van der Waals surface area contributed by atoms with Crippen molar-refractivity contribution in [3.63, 3.8) is 0 Å². The Kier molecular flexibility index (Phi) is 52.4. The summed E-state index contributed by atoms with van der Waals surface area (Å²) < 4.78 is 16.7. The molecule has 6 heteroatoms. The molecule has 0 saturated carbocycles. The summed E-state index contributed by atoms with van der Waals surface area (Å²) in [6.07, 6.45) is 75.4. The highest BCUT2D eigenvalue weighted by Crippen LogP contribution is 2.14. The van der Waals surface area contributed by atoms with Crippen LogP contribution in [0.4, 0.5) is 0 Å². The van der Waals surface area contributed by atoms with Gasteiger partial charge in [0.1, 0.15) is 13.2 Å². The van der Waals surface area contributed by atoms with Crippen molar-refractivity contribution in [2.45, 2.75) is 252 Å². The van der Waals surface area contributed by atoms with E-state index in [-0.39, 0.29) is 31.1 Å². The van der Waals surface area contributed by atoms with Gasteiger partial charge in [0, 0.05) is 19.3 Å². The molecule has 0 aliphatic carbocycles. The van der Waals surface area contributed by atoms with Gasteiger partial charge in [-0.25, -0.2) is 0 Å². The van der Waals surface area contributed by atoms with Crippen molar-refractivity contribution in [3.8, 4) is 0 Å². The number of carbonyl (C=O) groups excluding carboxylic acids is 3. The normalized spacial score (nSPS) is 12.9. The molecule has 0 spiro atoms. The highest BCUT2D eigenvalue weighted by molar-refractivity contribution is 5.71. The van der Waals surface area contributed by atoms with E-state index in [2.05, 4.69) is 130 Å². The molecule has 0 aromatic carbocycles. The lowest BCUT2D eigenvalue weighted by Crippen LogP contribution is -2.30. The molecule has 6 nitrogen and oxygen atoms in total. The van der Waals surface area contributed by atoms with E-state index in [1.54, 1.807) is 0 Å². The van der Waals surface area contributed by atoms with Crippen molar-refractivity contribution >= 4 is 17.9 Å². The fraction of sp³-hybridized carbons (Fsp3) is 0.661. The first-order chi connectivity index (χ1) is 33.5. The van der Waals surface area contributed by atoms with Gasteiger partial charge in [-0.3, -0.25) is 14.4 Å². The Hall–Kier alpha value is -3.93. The lowest BCUT2D eigenvalue weighted by Gasteiger charge is -2.18. The minimum atomic E-state index is -0.780. The van der Waals surface area contributed by atoms with Crippen LogP contribution in [-0.4, -0.2) is 37.2 Å². The van der Waals surface area contributed by atoms with Gasteiger partial charge in [0.2, 0.25) is 0 Å². The first-order valence-corrected chi connectivity index (χ1v) is 27.9. The van der Waals surface area contributed by atoms with Crippen molar-refractivity contribution < 1.29 is 28.6 Å².